The number of nitrogens with one attached hydrogen (secondary N) is 1. The van der Waals surface area contributed by atoms with Crippen molar-refractivity contribution in [3.05, 3.63) is 51.1 Å². The minimum atomic E-state index is -0.437. The summed E-state index contributed by atoms with van der Waals surface area (Å²) in [4.78, 5) is 25.9. The van der Waals surface area contributed by atoms with Crippen molar-refractivity contribution < 1.29 is 19.1 Å². The molecule has 2 heterocycles. The molecule has 0 fully saturated rings. The second-order valence-corrected chi connectivity index (χ2v) is 9.72. The van der Waals surface area contributed by atoms with Crippen LogP contribution >= 0.6 is 34.7 Å². The Morgan fingerprint density at radius 3 is 2.68 bits per heavy atom. The molecule has 0 aliphatic rings. The first-order chi connectivity index (χ1) is 16.4. The molecule has 0 aliphatic heterocycles. The molecule has 0 bridgehead atoms. The zero-order chi connectivity index (χ0) is 24.7. The van der Waals surface area contributed by atoms with Crippen molar-refractivity contribution in [2.24, 2.45) is 0 Å². The lowest BCUT2D eigenvalue weighted by molar-refractivity contribution is -0.113. The maximum Gasteiger partial charge on any atom is 0.341 e. The summed E-state index contributed by atoms with van der Waals surface area (Å²) < 4.78 is 12.9. The van der Waals surface area contributed by atoms with E-state index >= 15 is 0 Å². The zero-order valence-electron chi connectivity index (χ0n) is 19.5. The fourth-order valence-corrected chi connectivity index (χ4v) is 5.18. The molecule has 0 aliphatic carbocycles. The normalized spacial score (nSPS) is 10.9. The van der Waals surface area contributed by atoms with Gasteiger partial charge in [0.15, 0.2) is 11.0 Å². The summed E-state index contributed by atoms with van der Waals surface area (Å²) >= 11 is 8.66. The first kappa shape index (κ1) is 26.1. The van der Waals surface area contributed by atoms with Crippen LogP contribution in [0.4, 0.5) is 5.00 Å². The van der Waals surface area contributed by atoms with Gasteiger partial charge >= 0.3 is 5.97 Å². The molecule has 1 aromatic carbocycles. The van der Waals surface area contributed by atoms with Gasteiger partial charge in [0.25, 0.3) is 0 Å². The lowest BCUT2D eigenvalue weighted by Crippen LogP contribution is -2.16. The first-order valence-electron chi connectivity index (χ1n) is 10.9. The van der Waals surface area contributed by atoms with Gasteiger partial charge in [-0.1, -0.05) is 30.3 Å². The van der Waals surface area contributed by atoms with Gasteiger partial charge in [-0.05, 0) is 57.0 Å². The van der Waals surface area contributed by atoms with Gasteiger partial charge in [-0.25, -0.2) is 4.79 Å². The van der Waals surface area contributed by atoms with Gasteiger partial charge in [0.2, 0.25) is 5.91 Å². The Morgan fingerprint density at radius 1 is 1.21 bits per heavy atom. The van der Waals surface area contributed by atoms with Gasteiger partial charge in [0, 0.05) is 16.4 Å². The predicted molar refractivity (Wildman–Crippen MR) is 135 cm³/mol. The van der Waals surface area contributed by atoms with Gasteiger partial charge in [-0.3, -0.25) is 4.79 Å². The number of anilines is 1. The van der Waals surface area contributed by atoms with Crippen molar-refractivity contribution in [2.75, 3.05) is 17.7 Å². The van der Waals surface area contributed by atoms with Crippen molar-refractivity contribution in [1.29, 1.82) is 0 Å². The molecule has 8 nitrogen and oxygen atoms in total. The summed E-state index contributed by atoms with van der Waals surface area (Å²) in [5.41, 5.74) is 1.32. The van der Waals surface area contributed by atoms with Crippen LogP contribution in [0.1, 0.15) is 47.4 Å². The third kappa shape index (κ3) is 6.52. The quantitative estimate of drug-likeness (QED) is 0.267. The highest BCUT2D eigenvalue weighted by Gasteiger charge is 2.20. The van der Waals surface area contributed by atoms with E-state index in [0.29, 0.717) is 33.1 Å². The molecule has 2 aromatic heterocycles. The number of carbonyl (C=O) groups is 2. The predicted octanol–water partition coefficient (Wildman–Crippen LogP) is 5.37. The number of thiophene rings is 1. The topological polar surface area (TPSA) is 95.3 Å². The van der Waals surface area contributed by atoms with E-state index < -0.39 is 5.97 Å². The second-order valence-electron chi connectivity index (χ2n) is 7.21. The van der Waals surface area contributed by atoms with Gasteiger partial charge in [0.1, 0.15) is 17.4 Å². The van der Waals surface area contributed by atoms with Gasteiger partial charge in [-0.2, -0.15) is 0 Å². The lowest BCUT2D eigenvalue weighted by atomic mass is 10.2. The first-order valence-corrected chi connectivity index (χ1v) is 13.1. The van der Waals surface area contributed by atoms with E-state index in [1.807, 2.05) is 37.5 Å². The van der Waals surface area contributed by atoms with E-state index in [2.05, 4.69) is 15.5 Å². The summed E-state index contributed by atoms with van der Waals surface area (Å²) in [5.74, 6) is 0.836. The maximum atomic E-state index is 12.6. The third-order valence-corrected chi connectivity index (χ3v) is 7.21. The van der Waals surface area contributed by atoms with Crippen molar-refractivity contribution in [3.8, 4) is 5.75 Å². The number of amides is 1. The van der Waals surface area contributed by atoms with Crippen molar-refractivity contribution >= 4 is 51.6 Å². The monoisotopic (exact) mass is 522 g/mol. The number of carbonyl (C=O) groups excluding carboxylic acids is 2. The van der Waals surface area contributed by atoms with E-state index in [9.17, 15) is 9.59 Å². The molecule has 0 unspecified atom stereocenters. The van der Waals surface area contributed by atoms with Gasteiger partial charge in [0.05, 0.1) is 17.9 Å². The minimum Gasteiger partial charge on any atom is -0.485 e. The molecule has 1 amide bonds. The average molecular weight is 523 g/mol. The molecule has 0 radical (unpaired) electrons. The molecule has 34 heavy (non-hydrogen) atoms. The van der Waals surface area contributed by atoms with E-state index in [1.165, 1.54) is 23.1 Å². The standard InChI is InChI=1S/C23H27ClN4O4S2/c1-5-16-11-17(22(30)31-7-3)21(34-16)25-20(29)13-33-23-27-26-19(28(23)6-2)12-32-18-9-8-15(24)10-14(18)4/h8-11H,5-7,12-13H2,1-4H3,(H,25,29). The van der Waals surface area contributed by atoms with Crippen LogP contribution in [-0.2, 0) is 29.1 Å². The highest BCUT2D eigenvalue weighted by Crippen LogP contribution is 2.30. The number of benzene rings is 1. The van der Waals surface area contributed by atoms with Gasteiger partial charge < -0.3 is 19.4 Å². The number of ether oxygens (including phenoxy) is 2. The fourth-order valence-electron chi connectivity index (χ4n) is 3.13. The number of aryl methyl sites for hydroxylation is 2. The molecule has 0 saturated carbocycles. The molecule has 1 N–H and O–H groups in total. The smallest absolute Gasteiger partial charge is 0.341 e. The van der Waals surface area contributed by atoms with Crippen LogP contribution in [0.2, 0.25) is 5.02 Å². The van der Waals surface area contributed by atoms with Crippen LogP contribution in [0, 0.1) is 6.92 Å². The minimum absolute atomic E-state index is 0.122. The maximum absolute atomic E-state index is 12.6. The summed E-state index contributed by atoms with van der Waals surface area (Å²) in [6.07, 6.45) is 0.766. The summed E-state index contributed by atoms with van der Waals surface area (Å²) in [7, 11) is 0. The number of rotatable bonds is 11. The Balaban J connectivity index is 1.62. The Bertz CT molecular complexity index is 1160. The molecule has 182 valence electrons. The number of esters is 1. The Labute approximate surface area is 212 Å². The molecule has 0 atom stereocenters. The third-order valence-electron chi connectivity index (χ3n) is 4.82. The SMILES string of the molecule is CCOC(=O)c1cc(CC)sc1NC(=O)CSc1nnc(COc2ccc(Cl)cc2C)n1CC. The molecular weight excluding hydrogens is 496 g/mol. The Kier molecular flexibility index (Phi) is 9.37. The largest absolute Gasteiger partial charge is 0.485 e. The highest BCUT2D eigenvalue weighted by molar-refractivity contribution is 7.99. The van der Waals surface area contributed by atoms with Crippen LogP contribution in [0.15, 0.2) is 29.4 Å². The highest BCUT2D eigenvalue weighted by atomic mass is 35.5. The number of thioether (sulfide) groups is 1. The van der Waals surface area contributed by atoms with Crippen molar-refractivity contribution in [1.82, 2.24) is 14.8 Å². The number of halogens is 1. The van der Waals surface area contributed by atoms with Gasteiger partial charge in [-0.15, -0.1) is 21.5 Å². The summed E-state index contributed by atoms with van der Waals surface area (Å²) in [6, 6.07) is 7.21. The van der Waals surface area contributed by atoms with E-state index in [-0.39, 0.29) is 24.9 Å². The van der Waals surface area contributed by atoms with Crippen LogP contribution in [0.3, 0.4) is 0 Å². The molecule has 0 spiro atoms. The fraction of sp³-hybridized carbons (Fsp3) is 0.391. The average Bonchev–Trinajstić information content (AvgIpc) is 3.40. The van der Waals surface area contributed by atoms with E-state index in [0.717, 1.165) is 22.6 Å². The molecular formula is C23H27ClN4O4S2. The number of aromatic nitrogens is 3. The van der Waals surface area contributed by atoms with Crippen LogP contribution < -0.4 is 10.1 Å². The number of hydrogen-bond acceptors (Lipinski definition) is 8. The van der Waals surface area contributed by atoms with Crippen LogP contribution in [0.5, 0.6) is 5.75 Å². The van der Waals surface area contributed by atoms with E-state index in [4.69, 9.17) is 21.1 Å². The molecule has 0 saturated heterocycles. The second kappa shape index (κ2) is 12.2. The zero-order valence-corrected chi connectivity index (χ0v) is 21.9. The lowest BCUT2D eigenvalue weighted by Gasteiger charge is -2.11. The molecule has 3 rings (SSSR count). The molecule has 3 aromatic rings. The van der Waals surface area contributed by atoms with Crippen LogP contribution in [0.25, 0.3) is 0 Å². The Morgan fingerprint density at radius 2 is 2.00 bits per heavy atom. The van der Waals surface area contributed by atoms with E-state index in [1.54, 1.807) is 19.1 Å². The van der Waals surface area contributed by atoms with Crippen molar-refractivity contribution in [3.63, 3.8) is 0 Å². The molecule has 11 heteroatoms. The van der Waals surface area contributed by atoms with Crippen LogP contribution in [-0.4, -0.2) is 39.0 Å². The summed E-state index contributed by atoms with van der Waals surface area (Å²) in [6.45, 7) is 8.80. The number of nitrogens with zero attached hydrogens (tertiary/aromatic N) is 3. The van der Waals surface area contributed by atoms with Crippen molar-refractivity contribution in [2.45, 2.75) is 52.4 Å². The summed E-state index contributed by atoms with van der Waals surface area (Å²) in [5, 5.41) is 13.1. The Hall–Kier alpha value is -2.56. The number of hydrogen-bond donors (Lipinski definition) is 1.